The van der Waals surface area contributed by atoms with Crippen LogP contribution in [0.4, 0.5) is 0 Å². The van der Waals surface area contributed by atoms with E-state index in [9.17, 15) is 8.42 Å². The van der Waals surface area contributed by atoms with Gasteiger partial charge in [0.25, 0.3) is 0 Å². The summed E-state index contributed by atoms with van der Waals surface area (Å²) < 4.78 is 22.6. The molecule has 1 saturated heterocycles. The quantitative estimate of drug-likeness (QED) is 0.382. The molecular weight excluding hydrogens is 329 g/mol. The third-order valence-corrected chi connectivity index (χ3v) is 5.13. The Hall–Kier alpha value is -0.0500. The molecule has 0 unspecified atom stereocenters. The molecule has 0 bridgehead atoms. The van der Waals surface area contributed by atoms with Gasteiger partial charge in [-0.2, -0.15) is 0 Å². The van der Waals surface area contributed by atoms with Gasteiger partial charge in [-0.3, -0.25) is 4.99 Å². The first-order valence-electron chi connectivity index (χ1n) is 4.50. The van der Waals surface area contributed by atoms with E-state index in [2.05, 4.69) is 4.99 Å². The molecule has 0 spiro atoms. The summed E-state index contributed by atoms with van der Waals surface area (Å²) >= 11 is 0. The van der Waals surface area contributed by atoms with E-state index in [-0.39, 0.29) is 29.7 Å². The minimum absolute atomic E-state index is 0. The lowest BCUT2D eigenvalue weighted by atomic mass is 10.2. The van der Waals surface area contributed by atoms with Crippen LogP contribution in [0.1, 0.15) is 13.8 Å². The number of aliphatic imine (C=N–C) groups is 1. The van der Waals surface area contributed by atoms with Crippen LogP contribution in [0.2, 0.25) is 0 Å². The summed E-state index contributed by atoms with van der Waals surface area (Å²) in [4.78, 5) is 5.66. The molecule has 0 aromatic rings. The molecule has 0 amide bonds. The predicted octanol–water partition coefficient (Wildman–Crippen LogP) is 0.0579. The van der Waals surface area contributed by atoms with Crippen LogP contribution in [0.15, 0.2) is 4.99 Å². The van der Waals surface area contributed by atoms with E-state index in [1.165, 1.54) is 0 Å². The van der Waals surface area contributed by atoms with E-state index in [4.69, 9.17) is 5.73 Å². The average Bonchev–Trinajstić information content (AvgIpc) is 2.08. The molecule has 1 heterocycles. The molecule has 0 radical (unpaired) electrons. The molecule has 0 atom stereocenters. The van der Waals surface area contributed by atoms with Gasteiger partial charge in [-0.25, -0.2) is 8.42 Å². The van der Waals surface area contributed by atoms with Gasteiger partial charge in [0, 0.05) is 20.1 Å². The second-order valence-corrected chi connectivity index (χ2v) is 6.82. The summed E-state index contributed by atoms with van der Waals surface area (Å²) in [5.74, 6) is 0.559. The van der Waals surface area contributed by atoms with Gasteiger partial charge >= 0.3 is 0 Å². The van der Waals surface area contributed by atoms with Crippen LogP contribution in [0.5, 0.6) is 0 Å². The topological polar surface area (TPSA) is 75.8 Å². The van der Waals surface area contributed by atoms with Crippen molar-refractivity contribution in [1.82, 2.24) is 4.90 Å². The van der Waals surface area contributed by atoms with Crippen LogP contribution >= 0.6 is 24.0 Å². The number of sulfone groups is 1. The van der Waals surface area contributed by atoms with Crippen molar-refractivity contribution in [2.24, 2.45) is 10.7 Å². The Balaban J connectivity index is 0.00000196. The fourth-order valence-corrected chi connectivity index (χ4v) is 2.85. The van der Waals surface area contributed by atoms with Crippen molar-refractivity contribution in [2.75, 3.05) is 25.9 Å². The molecule has 1 aliphatic rings. The summed E-state index contributed by atoms with van der Waals surface area (Å²) in [6, 6.07) is 0. The Bertz CT molecular complexity index is 351. The van der Waals surface area contributed by atoms with E-state index in [1.807, 2.05) is 0 Å². The average molecular weight is 347 g/mol. The van der Waals surface area contributed by atoms with E-state index >= 15 is 0 Å². The van der Waals surface area contributed by atoms with Crippen LogP contribution in [0, 0.1) is 0 Å². The Morgan fingerprint density at radius 1 is 1.47 bits per heavy atom. The molecular formula is C8H18IN3O2S. The van der Waals surface area contributed by atoms with Gasteiger partial charge in [0.2, 0.25) is 0 Å². The molecule has 5 nitrogen and oxygen atoms in total. The molecule has 2 N–H and O–H groups in total. The summed E-state index contributed by atoms with van der Waals surface area (Å²) in [7, 11) is -1.39. The second-order valence-electron chi connectivity index (χ2n) is 4.08. The van der Waals surface area contributed by atoms with Crippen molar-refractivity contribution in [3.63, 3.8) is 0 Å². The van der Waals surface area contributed by atoms with Crippen molar-refractivity contribution < 1.29 is 8.42 Å². The standard InChI is InChI=1S/C8H17N3O2S.HI/c1-8(2)6-11(7(9)10-3)4-5-14(8,12)13;/h4-6H2,1-3H3,(H2,9,10);1H. The van der Waals surface area contributed by atoms with Crippen molar-refractivity contribution in [1.29, 1.82) is 0 Å². The second kappa shape index (κ2) is 4.86. The Labute approximate surface area is 108 Å². The highest BCUT2D eigenvalue weighted by Crippen LogP contribution is 2.23. The van der Waals surface area contributed by atoms with Crippen LogP contribution in [0.3, 0.4) is 0 Å². The number of guanidine groups is 1. The third kappa shape index (κ3) is 2.96. The van der Waals surface area contributed by atoms with Crippen LogP contribution in [-0.2, 0) is 9.84 Å². The predicted molar refractivity (Wildman–Crippen MR) is 72.4 cm³/mol. The highest BCUT2D eigenvalue weighted by molar-refractivity contribution is 14.0. The van der Waals surface area contributed by atoms with E-state index < -0.39 is 14.6 Å². The first kappa shape index (κ1) is 14.9. The zero-order valence-corrected chi connectivity index (χ0v) is 12.4. The normalized spacial score (nSPS) is 24.5. The van der Waals surface area contributed by atoms with Crippen LogP contribution in [0.25, 0.3) is 0 Å². The number of halogens is 1. The molecule has 0 aliphatic carbocycles. The lowest BCUT2D eigenvalue weighted by Crippen LogP contribution is -2.56. The summed E-state index contributed by atoms with van der Waals surface area (Å²) in [5.41, 5.74) is 5.64. The Kier molecular flexibility index (Phi) is 4.84. The highest BCUT2D eigenvalue weighted by atomic mass is 127. The van der Waals surface area contributed by atoms with Crippen molar-refractivity contribution in [3.8, 4) is 0 Å². The maximum absolute atomic E-state index is 11.7. The van der Waals surface area contributed by atoms with Crippen molar-refractivity contribution in [3.05, 3.63) is 0 Å². The van der Waals surface area contributed by atoms with E-state index in [0.717, 1.165) is 0 Å². The van der Waals surface area contributed by atoms with Crippen molar-refractivity contribution in [2.45, 2.75) is 18.6 Å². The molecule has 1 aliphatic heterocycles. The summed E-state index contributed by atoms with van der Waals surface area (Å²) in [6.07, 6.45) is 0. The molecule has 1 rings (SSSR count). The van der Waals surface area contributed by atoms with E-state index in [1.54, 1.807) is 25.8 Å². The molecule has 0 saturated carbocycles. The SMILES string of the molecule is CN=C(N)N1CCS(=O)(=O)C(C)(C)C1.I. The molecule has 7 heteroatoms. The minimum Gasteiger partial charge on any atom is -0.370 e. The van der Waals surface area contributed by atoms with Gasteiger partial charge < -0.3 is 10.6 Å². The highest BCUT2D eigenvalue weighted by Gasteiger charge is 2.40. The number of hydrogen-bond donors (Lipinski definition) is 1. The molecule has 0 aromatic carbocycles. The van der Waals surface area contributed by atoms with Gasteiger partial charge in [0.15, 0.2) is 15.8 Å². The monoisotopic (exact) mass is 347 g/mol. The Morgan fingerprint density at radius 3 is 2.40 bits per heavy atom. The maximum atomic E-state index is 11.7. The first-order chi connectivity index (χ1) is 6.30. The fraction of sp³-hybridized carbons (Fsp3) is 0.875. The lowest BCUT2D eigenvalue weighted by molar-refractivity contribution is 0.360. The van der Waals surface area contributed by atoms with E-state index in [0.29, 0.717) is 19.0 Å². The number of nitrogens with zero attached hydrogens (tertiary/aromatic N) is 2. The van der Waals surface area contributed by atoms with Gasteiger partial charge in [-0.05, 0) is 13.8 Å². The Morgan fingerprint density at radius 2 is 2.00 bits per heavy atom. The first-order valence-corrected chi connectivity index (χ1v) is 6.15. The lowest BCUT2D eigenvalue weighted by Gasteiger charge is -2.37. The fourth-order valence-electron chi connectivity index (χ4n) is 1.48. The third-order valence-electron chi connectivity index (χ3n) is 2.60. The largest absolute Gasteiger partial charge is 0.370 e. The minimum atomic E-state index is -2.99. The number of rotatable bonds is 0. The zero-order valence-electron chi connectivity index (χ0n) is 9.23. The number of hydrogen-bond acceptors (Lipinski definition) is 3. The van der Waals surface area contributed by atoms with Crippen LogP contribution < -0.4 is 5.73 Å². The van der Waals surface area contributed by atoms with Gasteiger partial charge in [0.1, 0.15) is 0 Å². The molecule has 0 aromatic heterocycles. The van der Waals surface area contributed by atoms with Gasteiger partial charge in [-0.1, -0.05) is 0 Å². The van der Waals surface area contributed by atoms with Crippen molar-refractivity contribution >= 4 is 39.8 Å². The summed E-state index contributed by atoms with van der Waals surface area (Å²) in [6.45, 7) is 4.29. The smallest absolute Gasteiger partial charge is 0.191 e. The number of nitrogens with two attached hydrogens (primary N) is 1. The molecule has 15 heavy (non-hydrogen) atoms. The van der Waals surface area contributed by atoms with Crippen LogP contribution in [-0.4, -0.2) is 49.9 Å². The molecule has 90 valence electrons. The van der Waals surface area contributed by atoms with Gasteiger partial charge in [-0.15, -0.1) is 24.0 Å². The zero-order chi connectivity index (χ0) is 11.0. The summed E-state index contributed by atoms with van der Waals surface area (Å²) in [5, 5.41) is 0. The van der Waals surface area contributed by atoms with Gasteiger partial charge in [0.05, 0.1) is 10.5 Å². The molecule has 1 fully saturated rings. The maximum Gasteiger partial charge on any atom is 0.191 e.